The number of rotatable bonds is 2. The molecule has 1 atom stereocenters. The number of hydrogen-bond donors (Lipinski definition) is 4. The Labute approximate surface area is 103 Å². The lowest BCUT2D eigenvalue weighted by molar-refractivity contribution is 0.948. The first-order valence-corrected chi connectivity index (χ1v) is 5.06. The third kappa shape index (κ3) is 2.85. The number of hydrogen-bond acceptors (Lipinski definition) is 2. The lowest BCUT2D eigenvalue weighted by Crippen LogP contribution is -2.31. The van der Waals surface area contributed by atoms with E-state index >= 15 is 0 Å². The van der Waals surface area contributed by atoms with Crippen LogP contribution in [-0.4, -0.2) is 11.8 Å². The fraction of sp³-hybridized carbons (Fsp3) is 0.111. The van der Waals surface area contributed by atoms with Gasteiger partial charge in [-0.2, -0.15) is 4.99 Å². The summed E-state index contributed by atoms with van der Waals surface area (Å²) < 4.78 is 0. The van der Waals surface area contributed by atoms with Crippen molar-refractivity contribution in [2.45, 2.75) is 6.04 Å². The first-order chi connectivity index (χ1) is 7.43. The maximum Gasteiger partial charge on any atom is 0.214 e. The monoisotopic (exact) mass is 259 g/mol. The van der Waals surface area contributed by atoms with E-state index in [2.05, 4.69) is 4.99 Å². The van der Waals surface area contributed by atoms with E-state index in [1.165, 1.54) is 0 Å². The molecule has 0 saturated heterocycles. The minimum Gasteiger partial charge on any atom is -0.385 e. The van der Waals surface area contributed by atoms with Crippen molar-refractivity contribution in [2.75, 3.05) is 0 Å². The quantitative estimate of drug-likeness (QED) is 0.473. The molecule has 0 fully saturated rings. The molecule has 86 valence electrons. The Morgan fingerprint density at radius 1 is 1.31 bits per heavy atom. The van der Waals surface area contributed by atoms with Gasteiger partial charge in [0, 0.05) is 0 Å². The molecule has 0 radical (unpaired) electrons. The highest BCUT2D eigenvalue weighted by atomic mass is 35.5. The van der Waals surface area contributed by atoms with Gasteiger partial charge in [-0.05, 0) is 11.6 Å². The molecule has 0 amide bonds. The van der Waals surface area contributed by atoms with Crippen LogP contribution in [0.4, 0.5) is 0 Å². The van der Waals surface area contributed by atoms with Crippen LogP contribution >= 0.6 is 23.2 Å². The topological polar surface area (TPSA) is 114 Å². The summed E-state index contributed by atoms with van der Waals surface area (Å²) in [7, 11) is 0. The van der Waals surface area contributed by atoms with Gasteiger partial charge in [0.1, 0.15) is 5.84 Å². The van der Waals surface area contributed by atoms with Crippen molar-refractivity contribution < 1.29 is 0 Å². The van der Waals surface area contributed by atoms with Crippen LogP contribution in [0.2, 0.25) is 10.0 Å². The standard InChI is InChI=1S/C9H11Cl2N5/c10-5-3-1-2-4(6(5)11)7(12)8(13)16-9(14)15/h1-3,7H,12H2,(H5,13,14,15,16). The van der Waals surface area contributed by atoms with Gasteiger partial charge in [-0.3, -0.25) is 5.41 Å². The second kappa shape index (κ2) is 5.16. The van der Waals surface area contributed by atoms with Crippen LogP contribution in [0.15, 0.2) is 23.2 Å². The summed E-state index contributed by atoms with van der Waals surface area (Å²) in [5.41, 5.74) is 17.0. The van der Waals surface area contributed by atoms with Crippen molar-refractivity contribution in [2.24, 2.45) is 22.2 Å². The number of nitrogens with two attached hydrogens (primary N) is 3. The smallest absolute Gasteiger partial charge is 0.214 e. The highest BCUT2D eigenvalue weighted by Crippen LogP contribution is 2.28. The molecular formula is C9H11Cl2N5. The molecule has 1 aromatic carbocycles. The molecule has 1 rings (SSSR count). The molecule has 0 saturated carbocycles. The van der Waals surface area contributed by atoms with Crippen LogP contribution in [0.5, 0.6) is 0 Å². The van der Waals surface area contributed by atoms with Crippen LogP contribution < -0.4 is 17.2 Å². The number of benzene rings is 1. The summed E-state index contributed by atoms with van der Waals surface area (Å²) in [6, 6.07) is 4.28. The molecule has 0 aliphatic heterocycles. The SMILES string of the molecule is N=C(N)N=C(N)C(N)c1cccc(Cl)c1Cl. The highest BCUT2D eigenvalue weighted by Gasteiger charge is 2.15. The van der Waals surface area contributed by atoms with Gasteiger partial charge in [0.15, 0.2) is 0 Å². The van der Waals surface area contributed by atoms with Crippen LogP contribution in [0.25, 0.3) is 0 Å². The average Bonchev–Trinajstić information content (AvgIpc) is 2.20. The van der Waals surface area contributed by atoms with Crippen molar-refractivity contribution in [3.05, 3.63) is 33.8 Å². The van der Waals surface area contributed by atoms with Crippen LogP contribution in [0, 0.1) is 5.41 Å². The van der Waals surface area contributed by atoms with Gasteiger partial charge in [0.2, 0.25) is 5.96 Å². The molecule has 0 aliphatic rings. The van der Waals surface area contributed by atoms with Crippen molar-refractivity contribution in [1.82, 2.24) is 0 Å². The number of guanidine groups is 1. The van der Waals surface area contributed by atoms with E-state index in [0.29, 0.717) is 15.6 Å². The van der Waals surface area contributed by atoms with Crippen LogP contribution in [0.3, 0.4) is 0 Å². The predicted octanol–water partition coefficient (Wildman–Crippen LogP) is 1.24. The Hall–Kier alpha value is -1.30. The second-order valence-corrected chi connectivity index (χ2v) is 3.83. The van der Waals surface area contributed by atoms with Gasteiger partial charge in [-0.25, -0.2) is 0 Å². The first-order valence-electron chi connectivity index (χ1n) is 4.31. The second-order valence-electron chi connectivity index (χ2n) is 3.04. The van der Waals surface area contributed by atoms with E-state index < -0.39 is 12.0 Å². The van der Waals surface area contributed by atoms with Gasteiger partial charge >= 0.3 is 0 Å². The van der Waals surface area contributed by atoms with E-state index in [1.54, 1.807) is 18.2 Å². The van der Waals surface area contributed by atoms with Crippen molar-refractivity contribution in [1.29, 1.82) is 5.41 Å². The third-order valence-corrected chi connectivity index (χ3v) is 2.72. The lowest BCUT2D eigenvalue weighted by Gasteiger charge is -2.13. The van der Waals surface area contributed by atoms with E-state index in [4.69, 9.17) is 45.8 Å². The highest BCUT2D eigenvalue weighted by molar-refractivity contribution is 6.42. The first kappa shape index (κ1) is 12.8. The van der Waals surface area contributed by atoms with Crippen molar-refractivity contribution in [3.8, 4) is 0 Å². The molecule has 7 heteroatoms. The van der Waals surface area contributed by atoms with E-state index in [1.807, 2.05) is 0 Å². The summed E-state index contributed by atoms with van der Waals surface area (Å²) in [5, 5.41) is 7.67. The molecule has 0 spiro atoms. The zero-order valence-electron chi connectivity index (χ0n) is 8.24. The summed E-state index contributed by atoms with van der Waals surface area (Å²) in [5.74, 6) is -0.400. The maximum absolute atomic E-state index is 6.97. The Morgan fingerprint density at radius 3 is 2.50 bits per heavy atom. The number of nitrogens with zero attached hydrogens (tertiary/aromatic N) is 1. The van der Waals surface area contributed by atoms with Gasteiger partial charge in [0.05, 0.1) is 16.1 Å². The van der Waals surface area contributed by atoms with Gasteiger partial charge in [0.25, 0.3) is 0 Å². The number of aliphatic imine (C=N–C) groups is 1. The fourth-order valence-electron chi connectivity index (χ4n) is 1.13. The average molecular weight is 260 g/mol. The molecule has 0 bridgehead atoms. The normalized spacial score (nSPS) is 13.6. The molecule has 0 aliphatic carbocycles. The molecule has 7 N–H and O–H groups in total. The number of nitrogens with one attached hydrogen (secondary N) is 1. The van der Waals surface area contributed by atoms with Gasteiger partial charge in [-0.15, -0.1) is 0 Å². The summed E-state index contributed by atoms with van der Waals surface area (Å²) in [6.45, 7) is 0. The Morgan fingerprint density at radius 2 is 1.94 bits per heavy atom. The van der Waals surface area contributed by atoms with Gasteiger partial charge in [-0.1, -0.05) is 35.3 Å². The van der Waals surface area contributed by atoms with Gasteiger partial charge < -0.3 is 17.2 Å². The minimum atomic E-state index is -0.741. The third-order valence-electron chi connectivity index (χ3n) is 1.88. The fourth-order valence-corrected chi connectivity index (χ4v) is 1.55. The minimum absolute atomic E-state index is 0.0108. The molecule has 1 aromatic rings. The van der Waals surface area contributed by atoms with E-state index in [-0.39, 0.29) is 5.84 Å². The predicted molar refractivity (Wildman–Crippen MR) is 66.9 cm³/mol. The van der Waals surface area contributed by atoms with Crippen molar-refractivity contribution >= 4 is 35.0 Å². The largest absolute Gasteiger partial charge is 0.385 e. The molecule has 5 nitrogen and oxygen atoms in total. The Bertz CT molecular complexity index is 444. The zero-order chi connectivity index (χ0) is 12.3. The zero-order valence-corrected chi connectivity index (χ0v) is 9.76. The van der Waals surface area contributed by atoms with Crippen LogP contribution in [0.1, 0.15) is 11.6 Å². The summed E-state index contributed by atoms with van der Waals surface area (Å²) in [4.78, 5) is 3.55. The van der Waals surface area contributed by atoms with E-state index in [0.717, 1.165) is 0 Å². The molecule has 0 aromatic heterocycles. The van der Waals surface area contributed by atoms with Crippen molar-refractivity contribution in [3.63, 3.8) is 0 Å². The molecule has 0 heterocycles. The summed E-state index contributed by atoms with van der Waals surface area (Å²) >= 11 is 11.8. The lowest BCUT2D eigenvalue weighted by atomic mass is 10.1. The molecular weight excluding hydrogens is 249 g/mol. The Kier molecular flexibility index (Phi) is 4.12. The molecule has 16 heavy (non-hydrogen) atoms. The maximum atomic E-state index is 6.97. The summed E-state index contributed by atoms with van der Waals surface area (Å²) in [6.07, 6.45) is 0. The molecule has 1 unspecified atom stereocenters. The Balaban J connectivity index is 3.10. The number of amidine groups is 1. The van der Waals surface area contributed by atoms with E-state index in [9.17, 15) is 0 Å². The van der Waals surface area contributed by atoms with Crippen LogP contribution in [-0.2, 0) is 0 Å². The number of halogens is 2.